The molecule has 1 N–H and O–H groups in total. The first-order chi connectivity index (χ1) is 6.60. The van der Waals surface area contributed by atoms with Gasteiger partial charge in [0.2, 0.25) is 0 Å². The molecule has 0 saturated carbocycles. The van der Waals surface area contributed by atoms with E-state index < -0.39 is 5.97 Å². The van der Waals surface area contributed by atoms with E-state index in [1.165, 1.54) is 12.1 Å². The summed E-state index contributed by atoms with van der Waals surface area (Å²) in [6.45, 7) is 0. The Bertz CT molecular complexity index is 424. The van der Waals surface area contributed by atoms with Gasteiger partial charge in [-0.3, -0.25) is 0 Å². The van der Waals surface area contributed by atoms with Crippen LogP contribution < -0.4 is 0 Å². The summed E-state index contributed by atoms with van der Waals surface area (Å²) < 4.78 is 0.422. The third kappa shape index (κ3) is 2.14. The van der Waals surface area contributed by atoms with Crippen LogP contribution in [0.2, 0.25) is 0 Å². The van der Waals surface area contributed by atoms with Gasteiger partial charge >= 0.3 is 5.97 Å². The van der Waals surface area contributed by atoms with Crippen molar-refractivity contribution in [1.82, 2.24) is 0 Å². The maximum Gasteiger partial charge on any atom is 0.336 e. The third-order valence-corrected chi connectivity index (χ3v) is 2.95. The molecule has 0 spiro atoms. The Morgan fingerprint density at radius 1 is 1.57 bits per heavy atom. The van der Waals surface area contributed by atoms with Crippen LogP contribution in [-0.4, -0.2) is 11.1 Å². The number of carbonyl (C=O) groups is 1. The number of nitrogens with zero attached hydrogens (tertiary/aromatic N) is 1. The molecular weight excluding hydrogens is 314 g/mol. The van der Waals surface area contributed by atoms with Gasteiger partial charge in [-0.05, 0) is 33.6 Å². The summed E-state index contributed by atoms with van der Waals surface area (Å²) in [6.07, 6.45) is 0. The first-order valence-corrected chi connectivity index (χ1v) is 5.53. The van der Waals surface area contributed by atoms with Crippen molar-refractivity contribution in [2.75, 3.05) is 0 Å². The molecule has 0 atom stereocenters. The molecule has 3 nitrogen and oxygen atoms in total. The van der Waals surface area contributed by atoms with Crippen molar-refractivity contribution in [3.8, 4) is 6.07 Å². The summed E-state index contributed by atoms with van der Waals surface area (Å²) in [5.74, 6) is -1.01. The standard InChI is InChI=1S/C9H5Br2NO2/c10-3-5-1-7(9(13)14)8(11)2-6(5)4-12/h1-2H,3H2,(H,13,14). The van der Waals surface area contributed by atoms with Gasteiger partial charge in [-0.25, -0.2) is 4.79 Å². The fourth-order valence-corrected chi connectivity index (χ4v) is 1.97. The predicted molar refractivity (Wildman–Crippen MR) is 58.4 cm³/mol. The summed E-state index contributed by atoms with van der Waals surface area (Å²) in [5.41, 5.74) is 1.31. The van der Waals surface area contributed by atoms with E-state index in [-0.39, 0.29) is 5.56 Å². The molecule has 0 bridgehead atoms. The average molecular weight is 319 g/mol. The Morgan fingerprint density at radius 2 is 2.21 bits per heavy atom. The lowest BCUT2D eigenvalue weighted by Crippen LogP contribution is -2.00. The van der Waals surface area contributed by atoms with Gasteiger partial charge < -0.3 is 5.11 Å². The maximum atomic E-state index is 10.8. The Balaban J connectivity index is 3.39. The molecule has 72 valence electrons. The lowest BCUT2D eigenvalue weighted by Gasteiger charge is -2.04. The number of hydrogen-bond donors (Lipinski definition) is 1. The molecule has 0 radical (unpaired) electrons. The maximum absolute atomic E-state index is 10.8. The van der Waals surface area contributed by atoms with Crippen LogP contribution >= 0.6 is 31.9 Å². The fourth-order valence-electron chi connectivity index (χ4n) is 0.997. The van der Waals surface area contributed by atoms with Crippen molar-refractivity contribution in [2.45, 2.75) is 5.33 Å². The van der Waals surface area contributed by atoms with Crippen molar-refractivity contribution in [1.29, 1.82) is 5.26 Å². The van der Waals surface area contributed by atoms with Crippen molar-refractivity contribution < 1.29 is 9.90 Å². The predicted octanol–water partition coefficient (Wildman–Crippen LogP) is 2.91. The number of carboxylic acids is 1. The molecule has 5 heteroatoms. The molecular formula is C9H5Br2NO2. The number of halogens is 2. The van der Waals surface area contributed by atoms with Gasteiger partial charge in [-0.1, -0.05) is 15.9 Å². The van der Waals surface area contributed by atoms with Crippen molar-refractivity contribution in [2.24, 2.45) is 0 Å². The summed E-state index contributed by atoms with van der Waals surface area (Å²) in [7, 11) is 0. The molecule has 0 aliphatic heterocycles. The molecule has 1 aromatic rings. The zero-order chi connectivity index (χ0) is 10.7. The number of alkyl halides is 1. The van der Waals surface area contributed by atoms with E-state index in [1.807, 2.05) is 6.07 Å². The van der Waals surface area contributed by atoms with E-state index in [0.717, 1.165) is 0 Å². The summed E-state index contributed by atoms with van der Waals surface area (Å²) in [5, 5.41) is 18.0. The number of hydrogen-bond acceptors (Lipinski definition) is 2. The van der Waals surface area contributed by atoms with Crippen LogP contribution in [0.4, 0.5) is 0 Å². The van der Waals surface area contributed by atoms with E-state index in [4.69, 9.17) is 10.4 Å². The highest BCUT2D eigenvalue weighted by Gasteiger charge is 2.12. The van der Waals surface area contributed by atoms with Crippen LogP contribution in [0.25, 0.3) is 0 Å². The van der Waals surface area contributed by atoms with Gasteiger partial charge in [0.15, 0.2) is 0 Å². The lowest BCUT2D eigenvalue weighted by atomic mass is 10.1. The normalized spacial score (nSPS) is 9.50. The van der Waals surface area contributed by atoms with Gasteiger partial charge in [0.05, 0.1) is 17.2 Å². The summed E-state index contributed by atoms with van der Waals surface area (Å²) in [4.78, 5) is 10.8. The fraction of sp³-hybridized carbons (Fsp3) is 0.111. The van der Waals surface area contributed by atoms with Crippen LogP contribution in [0.5, 0.6) is 0 Å². The number of aromatic carboxylic acids is 1. The molecule has 0 aliphatic carbocycles. The van der Waals surface area contributed by atoms with E-state index >= 15 is 0 Å². The minimum absolute atomic E-state index is 0.165. The van der Waals surface area contributed by atoms with Gasteiger partial charge in [0.25, 0.3) is 0 Å². The quantitative estimate of drug-likeness (QED) is 0.853. The molecule has 1 aromatic carbocycles. The molecule has 0 saturated heterocycles. The first-order valence-electron chi connectivity index (χ1n) is 3.62. The van der Waals surface area contributed by atoms with E-state index in [1.54, 1.807) is 0 Å². The molecule has 14 heavy (non-hydrogen) atoms. The molecule has 0 aliphatic rings. The molecule has 0 amide bonds. The molecule has 1 rings (SSSR count). The van der Waals surface area contributed by atoms with E-state index in [2.05, 4.69) is 31.9 Å². The number of rotatable bonds is 2. The topological polar surface area (TPSA) is 61.1 Å². The SMILES string of the molecule is N#Cc1cc(Br)c(C(=O)O)cc1CBr. The second-order valence-electron chi connectivity index (χ2n) is 2.54. The largest absolute Gasteiger partial charge is 0.478 e. The zero-order valence-electron chi connectivity index (χ0n) is 6.92. The van der Waals surface area contributed by atoms with Crippen LogP contribution in [0, 0.1) is 11.3 Å². The second kappa shape index (κ2) is 4.58. The summed E-state index contributed by atoms with van der Waals surface area (Å²) >= 11 is 6.30. The van der Waals surface area contributed by atoms with E-state index in [0.29, 0.717) is 20.9 Å². The van der Waals surface area contributed by atoms with Crippen molar-refractivity contribution >= 4 is 37.8 Å². The number of nitriles is 1. The van der Waals surface area contributed by atoms with Crippen LogP contribution in [0.3, 0.4) is 0 Å². The minimum atomic E-state index is -1.01. The molecule has 0 heterocycles. The van der Waals surface area contributed by atoms with E-state index in [9.17, 15) is 4.79 Å². The average Bonchev–Trinajstić information content (AvgIpc) is 2.16. The molecule has 0 fully saturated rings. The zero-order valence-corrected chi connectivity index (χ0v) is 10.1. The highest BCUT2D eigenvalue weighted by molar-refractivity contribution is 9.10. The third-order valence-electron chi connectivity index (χ3n) is 1.69. The van der Waals surface area contributed by atoms with Gasteiger partial charge in [0, 0.05) is 9.80 Å². The number of carboxylic acid groups (broad SMARTS) is 1. The smallest absolute Gasteiger partial charge is 0.336 e. The monoisotopic (exact) mass is 317 g/mol. The Hall–Kier alpha value is -0.860. The van der Waals surface area contributed by atoms with Crippen LogP contribution in [-0.2, 0) is 5.33 Å². The Morgan fingerprint density at radius 3 is 2.64 bits per heavy atom. The molecule has 0 aromatic heterocycles. The first kappa shape index (κ1) is 11.2. The second-order valence-corrected chi connectivity index (χ2v) is 3.95. The Kier molecular flexibility index (Phi) is 3.67. The van der Waals surface area contributed by atoms with Gasteiger partial charge in [0.1, 0.15) is 0 Å². The minimum Gasteiger partial charge on any atom is -0.478 e. The van der Waals surface area contributed by atoms with Crippen LogP contribution in [0.15, 0.2) is 16.6 Å². The Labute approximate surface area is 97.6 Å². The van der Waals surface area contributed by atoms with Crippen molar-refractivity contribution in [3.05, 3.63) is 33.3 Å². The van der Waals surface area contributed by atoms with Crippen molar-refractivity contribution in [3.63, 3.8) is 0 Å². The molecule has 0 unspecified atom stereocenters. The van der Waals surface area contributed by atoms with Crippen LogP contribution in [0.1, 0.15) is 21.5 Å². The highest BCUT2D eigenvalue weighted by atomic mass is 79.9. The summed E-state index contributed by atoms with van der Waals surface area (Å²) in [6, 6.07) is 5.00. The highest BCUT2D eigenvalue weighted by Crippen LogP contribution is 2.23. The number of benzene rings is 1. The van der Waals surface area contributed by atoms with Gasteiger partial charge in [-0.2, -0.15) is 5.26 Å². The lowest BCUT2D eigenvalue weighted by molar-refractivity contribution is 0.0696. The van der Waals surface area contributed by atoms with Gasteiger partial charge in [-0.15, -0.1) is 0 Å².